The number of nitriles is 1. The topological polar surface area (TPSA) is 111 Å². The summed E-state index contributed by atoms with van der Waals surface area (Å²) in [5.74, 6) is 0.770. The largest absolute Gasteiger partial charge is 0.378 e. The Bertz CT molecular complexity index is 1590. The molecule has 4 aromatic heterocycles. The van der Waals surface area contributed by atoms with Crippen molar-refractivity contribution in [2.75, 3.05) is 18.4 Å². The molecule has 0 saturated carbocycles. The zero-order valence-electron chi connectivity index (χ0n) is 21.9. The number of aromatic nitrogens is 6. The van der Waals surface area contributed by atoms with Gasteiger partial charge in [-0.2, -0.15) is 10.4 Å². The van der Waals surface area contributed by atoms with E-state index in [1.807, 2.05) is 61.7 Å². The normalized spacial score (nSPS) is 11.2. The Morgan fingerprint density at radius 1 is 1.08 bits per heavy atom. The second-order valence-electron chi connectivity index (χ2n) is 9.22. The number of nitrogens with zero attached hydrogens (tertiary/aromatic N) is 7. The Morgan fingerprint density at radius 3 is 2.74 bits per heavy atom. The first kappa shape index (κ1) is 25.1. The maximum absolute atomic E-state index is 9.78. The molecule has 0 aliphatic rings. The molecule has 0 amide bonds. The number of pyridine rings is 2. The first-order valence-corrected chi connectivity index (χ1v) is 12.9. The molecule has 4 heterocycles. The lowest BCUT2D eigenvalue weighted by atomic mass is 10.1. The molecule has 38 heavy (non-hydrogen) atoms. The fourth-order valence-electron chi connectivity index (χ4n) is 4.63. The van der Waals surface area contributed by atoms with E-state index in [2.05, 4.69) is 45.2 Å². The summed E-state index contributed by atoms with van der Waals surface area (Å²) in [4.78, 5) is 19.8. The first-order valence-electron chi connectivity index (χ1n) is 12.9. The van der Waals surface area contributed by atoms with E-state index in [-0.39, 0.29) is 0 Å². The summed E-state index contributed by atoms with van der Waals surface area (Å²) in [7, 11) is 0. The molecule has 9 heteroatoms. The molecule has 0 fully saturated rings. The zero-order valence-corrected chi connectivity index (χ0v) is 21.9. The van der Waals surface area contributed by atoms with Gasteiger partial charge in [-0.3, -0.25) is 9.88 Å². The minimum absolute atomic E-state index is 0.464. The van der Waals surface area contributed by atoms with Gasteiger partial charge in [-0.05, 0) is 62.8 Å². The van der Waals surface area contributed by atoms with Crippen LogP contribution in [0.3, 0.4) is 0 Å². The summed E-state index contributed by atoms with van der Waals surface area (Å²) in [5.41, 5.74) is 7.72. The predicted octanol–water partition coefficient (Wildman–Crippen LogP) is 5.21. The molecule has 0 saturated heterocycles. The number of rotatable bonds is 10. The van der Waals surface area contributed by atoms with E-state index >= 15 is 0 Å². The Balaban J connectivity index is 1.49. The summed E-state index contributed by atoms with van der Waals surface area (Å²) in [6.45, 7) is 9.40. The standard InChI is InChI=1S/C29H31N9/c1-4-14-37(5-2)18-23-21(15-30)9-7-10-24(23)31-16-26-35-28(22-12-13-27-32-19-33-38(27)17-22)29(36-26)25-11-6-8-20(3)34-25/h6-13,17,19,31H,4-5,14,16,18H2,1-3H3,(H,35,36). The molecule has 5 rings (SSSR count). The monoisotopic (exact) mass is 505 g/mol. The van der Waals surface area contributed by atoms with Gasteiger partial charge in [0.15, 0.2) is 5.65 Å². The maximum atomic E-state index is 9.78. The Morgan fingerprint density at radius 2 is 1.95 bits per heavy atom. The van der Waals surface area contributed by atoms with Crippen LogP contribution in [-0.2, 0) is 13.1 Å². The molecule has 1 aromatic carbocycles. The number of benzene rings is 1. The van der Waals surface area contributed by atoms with Crippen LogP contribution in [-0.4, -0.2) is 47.5 Å². The van der Waals surface area contributed by atoms with Gasteiger partial charge in [-0.25, -0.2) is 14.5 Å². The predicted molar refractivity (Wildman–Crippen MR) is 148 cm³/mol. The van der Waals surface area contributed by atoms with Crippen LogP contribution < -0.4 is 5.32 Å². The number of hydrogen-bond acceptors (Lipinski definition) is 7. The Kier molecular flexibility index (Phi) is 7.43. The highest BCUT2D eigenvalue weighted by molar-refractivity contribution is 5.77. The lowest BCUT2D eigenvalue weighted by Crippen LogP contribution is -2.24. The van der Waals surface area contributed by atoms with Crippen molar-refractivity contribution in [3.63, 3.8) is 0 Å². The zero-order chi connectivity index (χ0) is 26.5. The molecule has 0 bridgehead atoms. The Labute approximate surface area is 222 Å². The van der Waals surface area contributed by atoms with Gasteiger partial charge in [0.25, 0.3) is 0 Å². The van der Waals surface area contributed by atoms with Gasteiger partial charge in [0.1, 0.15) is 12.2 Å². The van der Waals surface area contributed by atoms with Gasteiger partial charge < -0.3 is 10.3 Å². The molecule has 0 radical (unpaired) electrons. The van der Waals surface area contributed by atoms with E-state index in [4.69, 9.17) is 9.97 Å². The van der Waals surface area contributed by atoms with Crippen LogP contribution in [0.2, 0.25) is 0 Å². The van der Waals surface area contributed by atoms with Crippen molar-refractivity contribution in [2.24, 2.45) is 0 Å². The number of imidazole rings is 1. The van der Waals surface area contributed by atoms with E-state index in [0.29, 0.717) is 12.1 Å². The van der Waals surface area contributed by atoms with Crippen molar-refractivity contribution >= 4 is 11.3 Å². The third kappa shape index (κ3) is 5.26. The fraction of sp³-hybridized carbons (Fsp3) is 0.276. The number of hydrogen-bond donors (Lipinski definition) is 2. The summed E-state index contributed by atoms with van der Waals surface area (Å²) >= 11 is 0. The number of H-pyrrole nitrogens is 1. The number of nitrogens with one attached hydrogen (secondary N) is 2. The highest BCUT2D eigenvalue weighted by Gasteiger charge is 2.18. The molecular weight excluding hydrogens is 474 g/mol. The van der Waals surface area contributed by atoms with Crippen LogP contribution in [0.15, 0.2) is 61.1 Å². The van der Waals surface area contributed by atoms with Crippen LogP contribution in [0.5, 0.6) is 0 Å². The van der Waals surface area contributed by atoms with Gasteiger partial charge in [0, 0.05) is 35.2 Å². The number of anilines is 1. The second kappa shape index (κ2) is 11.2. The minimum Gasteiger partial charge on any atom is -0.378 e. The Hall–Kier alpha value is -4.55. The molecule has 0 aliphatic carbocycles. The molecular formula is C29H31N9. The molecule has 0 unspecified atom stereocenters. The van der Waals surface area contributed by atoms with Crippen LogP contribution in [0.25, 0.3) is 28.3 Å². The quantitative estimate of drug-likeness (QED) is 0.268. The van der Waals surface area contributed by atoms with Gasteiger partial charge in [0.2, 0.25) is 0 Å². The number of aromatic amines is 1. The maximum Gasteiger partial charge on any atom is 0.155 e. The summed E-state index contributed by atoms with van der Waals surface area (Å²) < 4.78 is 1.74. The molecule has 9 nitrogen and oxygen atoms in total. The summed E-state index contributed by atoms with van der Waals surface area (Å²) in [5, 5.41) is 17.6. The van der Waals surface area contributed by atoms with Gasteiger partial charge in [-0.1, -0.05) is 26.0 Å². The van der Waals surface area contributed by atoms with E-state index in [0.717, 1.165) is 77.1 Å². The van der Waals surface area contributed by atoms with Gasteiger partial charge in [-0.15, -0.1) is 0 Å². The van der Waals surface area contributed by atoms with Crippen LogP contribution in [0.4, 0.5) is 5.69 Å². The molecule has 5 aromatic rings. The van der Waals surface area contributed by atoms with E-state index in [1.165, 1.54) is 6.33 Å². The summed E-state index contributed by atoms with van der Waals surface area (Å²) in [6.07, 6.45) is 4.53. The SMILES string of the molecule is CCCN(CC)Cc1c(C#N)cccc1NCc1nc(-c2ccc3ncnn3c2)c(-c2cccc(C)n2)[nH]1. The third-order valence-electron chi connectivity index (χ3n) is 6.56. The highest BCUT2D eigenvalue weighted by Crippen LogP contribution is 2.30. The smallest absolute Gasteiger partial charge is 0.155 e. The first-order chi connectivity index (χ1) is 18.6. The van der Waals surface area contributed by atoms with Crippen LogP contribution in [0, 0.1) is 18.3 Å². The second-order valence-corrected chi connectivity index (χ2v) is 9.22. The van der Waals surface area contributed by atoms with Gasteiger partial charge in [0.05, 0.1) is 35.3 Å². The number of fused-ring (bicyclic) bond motifs is 1. The van der Waals surface area contributed by atoms with Crippen molar-refractivity contribution < 1.29 is 0 Å². The van der Waals surface area contributed by atoms with E-state index in [9.17, 15) is 5.26 Å². The van der Waals surface area contributed by atoms with Crippen LogP contribution in [0.1, 0.15) is 42.9 Å². The van der Waals surface area contributed by atoms with Crippen LogP contribution >= 0.6 is 0 Å². The van der Waals surface area contributed by atoms with E-state index in [1.54, 1.807) is 4.52 Å². The summed E-state index contributed by atoms with van der Waals surface area (Å²) in [6, 6.07) is 18.1. The average molecular weight is 506 g/mol. The van der Waals surface area contributed by atoms with Crippen molar-refractivity contribution in [1.82, 2.24) is 34.4 Å². The van der Waals surface area contributed by atoms with Crippen molar-refractivity contribution in [3.8, 4) is 28.7 Å². The number of aryl methyl sites for hydroxylation is 1. The minimum atomic E-state index is 0.464. The molecule has 0 spiro atoms. The van der Waals surface area contributed by atoms with Crippen molar-refractivity contribution in [3.05, 3.63) is 83.7 Å². The van der Waals surface area contributed by atoms with E-state index < -0.39 is 0 Å². The molecule has 0 aliphatic heterocycles. The molecule has 192 valence electrons. The van der Waals surface area contributed by atoms with Crippen molar-refractivity contribution in [2.45, 2.75) is 40.3 Å². The van der Waals surface area contributed by atoms with Crippen molar-refractivity contribution in [1.29, 1.82) is 5.26 Å². The molecule has 0 atom stereocenters. The third-order valence-corrected chi connectivity index (χ3v) is 6.56. The highest BCUT2D eigenvalue weighted by atomic mass is 15.3. The fourth-order valence-corrected chi connectivity index (χ4v) is 4.63. The average Bonchev–Trinajstić information content (AvgIpc) is 3.59. The van der Waals surface area contributed by atoms with Gasteiger partial charge >= 0.3 is 0 Å². The lowest BCUT2D eigenvalue weighted by molar-refractivity contribution is 0.281. The molecule has 2 N–H and O–H groups in total. The lowest BCUT2D eigenvalue weighted by Gasteiger charge is -2.22.